The van der Waals surface area contributed by atoms with Gasteiger partial charge >= 0.3 is 0 Å². The van der Waals surface area contributed by atoms with Crippen LogP contribution in [-0.4, -0.2) is 16.0 Å². The lowest BCUT2D eigenvalue weighted by atomic mass is 9.93. The maximum absolute atomic E-state index is 13.2. The van der Waals surface area contributed by atoms with E-state index in [0.29, 0.717) is 36.8 Å². The Morgan fingerprint density at radius 2 is 1.00 bits per heavy atom. The largest absolute Gasteiger partial charge is 0.507 e. The molecule has 4 rings (SSSR count). The van der Waals surface area contributed by atoms with Crippen LogP contribution in [0.1, 0.15) is 35.1 Å². The summed E-state index contributed by atoms with van der Waals surface area (Å²) in [7, 11) is 0. The molecule has 0 atom stereocenters. The summed E-state index contributed by atoms with van der Waals surface area (Å²) in [6.07, 6.45) is 1.70. The van der Waals surface area contributed by atoms with E-state index in [9.17, 15) is 23.8 Å². The van der Waals surface area contributed by atoms with Gasteiger partial charge in [0.25, 0.3) is 0 Å². The molecule has 36 heavy (non-hydrogen) atoms. The number of carbonyl (C=O) groups excluding carboxylic acids is 1. The molecule has 0 aliphatic heterocycles. The van der Waals surface area contributed by atoms with E-state index in [-0.39, 0.29) is 28.9 Å². The average Bonchev–Trinajstić information content (AvgIpc) is 2.85. The monoisotopic (exact) mass is 486 g/mol. The number of hydrogen-bond donors (Lipinski definition) is 2. The zero-order chi connectivity index (χ0) is 25.8. The fourth-order valence-electron chi connectivity index (χ4n) is 4.41. The number of aromatic hydroxyl groups is 2. The lowest BCUT2D eigenvalue weighted by molar-refractivity contribution is -0.119. The first kappa shape index (κ1) is 25.1. The van der Waals surface area contributed by atoms with Crippen LogP contribution in [0.5, 0.6) is 11.5 Å². The van der Waals surface area contributed by atoms with E-state index in [0.717, 1.165) is 33.4 Å². The van der Waals surface area contributed by atoms with Crippen molar-refractivity contribution in [3.63, 3.8) is 0 Å². The Kier molecular flexibility index (Phi) is 7.49. The van der Waals surface area contributed by atoms with Crippen molar-refractivity contribution < 1.29 is 23.8 Å². The smallest absolute Gasteiger partial charge is 0.133 e. The van der Waals surface area contributed by atoms with Crippen molar-refractivity contribution in [2.24, 2.45) is 0 Å². The fraction of sp³-hybridized carbons (Fsp3) is 0.194. The van der Waals surface area contributed by atoms with Gasteiger partial charge in [-0.2, -0.15) is 0 Å². The minimum atomic E-state index is -0.334. The lowest BCUT2D eigenvalue weighted by Crippen LogP contribution is -2.04. The van der Waals surface area contributed by atoms with E-state index in [2.05, 4.69) is 0 Å². The van der Waals surface area contributed by atoms with Crippen molar-refractivity contribution in [1.29, 1.82) is 0 Å². The number of aryl methyl sites for hydroxylation is 4. The van der Waals surface area contributed by atoms with Gasteiger partial charge in [-0.3, -0.25) is 4.79 Å². The second kappa shape index (κ2) is 10.7. The Morgan fingerprint density at radius 3 is 1.36 bits per heavy atom. The molecule has 0 aliphatic rings. The van der Waals surface area contributed by atoms with Gasteiger partial charge in [0.05, 0.1) is 0 Å². The van der Waals surface area contributed by atoms with E-state index < -0.39 is 0 Å². The Bertz CT molecular complexity index is 1280. The van der Waals surface area contributed by atoms with Crippen molar-refractivity contribution in [2.75, 3.05) is 0 Å². The number of carbonyl (C=O) groups is 1. The molecule has 0 saturated heterocycles. The zero-order valence-electron chi connectivity index (χ0n) is 20.3. The van der Waals surface area contributed by atoms with Gasteiger partial charge in [-0.1, -0.05) is 24.3 Å². The summed E-state index contributed by atoms with van der Waals surface area (Å²) in [5.41, 5.74) is 6.40. The molecule has 0 unspecified atom stereocenters. The van der Waals surface area contributed by atoms with Crippen LogP contribution in [-0.2, 0) is 17.6 Å². The first-order valence-corrected chi connectivity index (χ1v) is 11.9. The molecule has 184 valence electrons. The number of ketones is 1. The minimum absolute atomic E-state index is 0.0954. The normalized spacial score (nSPS) is 11.0. The number of Topliss-reactive ketones (excluding diaryl/α,β-unsaturated/α-hetero) is 1. The summed E-state index contributed by atoms with van der Waals surface area (Å²) in [4.78, 5) is 12.6. The van der Waals surface area contributed by atoms with Gasteiger partial charge in [0.2, 0.25) is 0 Å². The highest BCUT2D eigenvalue weighted by Gasteiger charge is 2.13. The predicted molar refractivity (Wildman–Crippen MR) is 138 cm³/mol. The molecular weight excluding hydrogens is 458 g/mol. The summed E-state index contributed by atoms with van der Waals surface area (Å²) in [5, 5.41) is 21.0. The third-order valence-electron chi connectivity index (χ3n) is 6.57. The predicted octanol–water partition coefficient (Wildman–Crippen LogP) is 7.46. The van der Waals surface area contributed by atoms with Gasteiger partial charge in [0.15, 0.2) is 0 Å². The number of halogens is 2. The van der Waals surface area contributed by atoms with Crippen molar-refractivity contribution in [3.8, 4) is 33.8 Å². The van der Waals surface area contributed by atoms with E-state index >= 15 is 0 Å². The van der Waals surface area contributed by atoms with Crippen LogP contribution in [0.25, 0.3) is 22.3 Å². The molecule has 2 N–H and O–H groups in total. The average molecular weight is 487 g/mol. The Balaban J connectivity index is 1.38. The van der Waals surface area contributed by atoms with Crippen LogP contribution in [0.3, 0.4) is 0 Å². The quantitative estimate of drug-likeness (QED) is 0.272. The maximum atomic E-state index is 13.2. The van der Waals surface area contributed by atoms with Crippen molar-refractivity contribution in [1.82, 2.24) is 0 Å². The highest BCUT2D eigenvalue weighted by molar-refractivity contribution is 5.79. The molecule has 3 nitrogen and oxygen atoms in total. The zero-order valence-corrected chi connectivity index (χ0v) is 20.3. The molecule has 0 bridgehead atoms. The standard InChI is InChI=1S/C31H28F2O3/c1-19-15-28(21-3-9-25(32)10-4-21)30(35)17-23(19)7-13-27(34)14-8-24-18-31(36)29(16-20(24)2)22-5-11-26(33)12-6-22/h3-6,9-12,15-18,35-36H,7-8,13-14H2,1-2H3. The third kappa shape index (κ3) is 5.80. The molecule has 0 saturated carbocycles. The molecule has 4 aromatic rings. The third-order valence-corrected chi connectivity index (χ3v) is 6.57. The highest BCUT2D eigenvalue weighted by atomic mass is 19.1. The SMILES string of the molecule is Cc1cc(-c2ccc(F)cc2)c(O)cc1CCC(=O)CCc1cc(O)c(-c2ccc(F)cc2)cc1C. The first-order chi connectivity index (χ1) is 17.2. The second-order valence-electron chi connectivity index (χ2n) is 9.14. The molecule has 0 fully saturated rings. The van der Waals surface area contributed by atoms with E-state index in [4.69, 9.17) is 0 Å². The summed E-state index contributed by atoms with van der Waals surface area (Å²) in [6, 6.07) is 19.0. The van der Waals surface area contributed by atoms with Crippen LogP contribution >= 0.6 is 0 Å². The summed E-state index contributed by atoms with van der Waals surface area (Å²) in [6.45, 7) is 3.86. The summed E-state index contributed by atoms with van der Waals surface area (Å²) >= 11 is 0. The van der Waals surface area contributed by atoms with Gasteiger partial charge < -0.3 is 10.2 Å². The Labute approximate surface area is 209 Å². The van der Waals surface area contributed by atoms with E-state index in [1.807, 2.05) is 26.0 Å². The van der Waals surface area contributed by atoms with Crippen molar-refractivity contribution in [2.45, 2.75) is 39.5 Å². The Hall–Kier alpha value is -3.99. The molecule has 0 aliphatic carbocycles. The number of rotatable bonds is 8. The maximum Gasteiger partial charge on any atom is 0.133 e. The van der Waals surface area contributed by atoms with Gasteiger partial charge in [-0.25, -0.2) is 8.78 Å². The first-order valence-electron chi connectivity index (χ1n) is 11.9. The number of hydrogen-bond acceptors (Lipinski definition) is 3. The number of phenols is 2. The van der Waals surface area contributed by atoms with Crippen LogP contribution < -0.4 is 0 Å². The Morgan fingerprint density at radius 1 is 0.639 bits per heavy atom. The van der Waals surface area contributed by atoms with Gasteiger partial charge in [0, 0.05) is 24.0 Å². The minimum Gasteiger partial charge on any atom is -0.507 e. The molecule has 0 spiro atoms. The van der Waals surface area contributed by atoms with Gasteiger partial charge in [0.1, 0.15) is 28.9 Å². The molecule has 0 amide bonds. The summed E-state index contributed by atoms with van der Waals surface area (Å²) < 4.78 is 26.4. The molecule has 0 aromatic heterocycles. The van der Waals surface area contributed by atoms with E-state index in [1.165, 1.54) is 24.3 Å². The number of benzene rings is 4. The topological polar surface area (TPSA) is 57.5 Å². The molecule has 5 heteroatoms. The van der Waals surface area contributed by atoms with E-state index in [1.54, 1.807) is 36.4 Å². The molecule has 0 radical (unpaired) electrons. The van der Waals surface area contributed by atoms with Crippen molar-refractivity contribution in [3.05, 3.63) is 107 Å². The fourth-order valence-corrected chi connectivity index (χ4v) is 4.41. The van der Waals surface area contributed by atoms with Gasteiger partial charge in [-0.05, 0) is 109 Å². The number of phenolic OH excluding ortho intramolecular Hbond substituents is 2. The van der Waals surface area contributed by atoms with Crippen LogP contribution in [0.15, 0.2) is 72.8 Å². The lowest BCUT2D eigenvalue weighted by Gasteiger charge is -2.13. The highest BCUT2D eigenvalue weighted by Crippen LogP contribution is 2.34. The molecular formula is C31H28F2O3. The molecule has 0 heterocycles. The van der Waals surface area contributed by atoms with Crippen LogP contribution in [0.4, 0.5) is 8.78 Å². The summed E-state index contributed by atoms with van der Waals surface area (Å²) in [5.74, 6) is -0.374. The van der Waals surface area contributed by atoms with Crippen molar-refractivity contribution >= 4 is 5.78 Å². The van der Waals surface area contributed by atoms with Crippen LogP contribution in [0.2, 0.25) is 0 Å². The molecule has 4 aromatic carbocycles. The van der Waals surface area contributed by atoms with Gasteiger partial charge in [-0.15, -0.1) is 0 Å². The second-order valence-corrected chi connectivity index (χ2v) is 9.14. The van der Waals surface area contributed by atoms with Crippen LogP contribution in [0, 0.1) is 25.5 Å².